The van der Waals surface area contributed by atoms with Gasteiger partial charge in [-0.2, -0.15) is 0 Å². The van der Waals surface area contributed by atoms with Gasteiger partial charge >= 0.3 is 7.82 Å². The van der Waals surface area contributed by atoms with E-state index < -0.39 is 32.1 Å². The lowest BCUT2D eigenvalue weighted by Crippen LogP contribution is -2.51. The minimum absolute atomic E-state index is 0.156. The van der Waals surface area contributed by atoms with E-state index in [0.717, 1.165) is 0 Å². The first-order valence-electron chi connectivity index (χ1n) is 4.83. The number of rotatable bonds is 7. The van der Waals surface area contributed by atoms with Crippen LogP contribution in [-0.2, 0) is 13.9 Å². The number of carbonyl (C=O) groups excluding carboxylic acids is 1. The molecule has 0 aromatic heterocycles. The van der Waals surface area contributed by atoms with Crippen LogP contribution in [0.5, 0.6) is 0 Å². The second-order valence-corrected chi connectivity index (χ2v) is 5.29. The van der Waals surface area contributed by atoms with Gasteiger partial charge in [-0.05, 0) is 5.92 Å². The lowest BCUT2D eigenvalue weighted by atomic mass is 9.97. The van der Waals surface area contributed by atoms with Crippen LogP contribution < -0.4 is 0 Å². The zero-order valence-electron chi connectivity index (χ0n) is 9.48. The number of phosphoric acid groups is 1. The fraction of sp³-hybridized carbons (Fsp3) is 0.875. The average Bonchev–Trinajstić information content (AvgIpc) is 2.11. The molecule has 0 aromatic carbocycles. The summed E-state index contributed by atoms with van der Waals surface area (Å²) in [5, 5.41) is 27.9. The van der Waals surface area contributed by atoms with Gasteiger partial charge in [-0.3, -0.25) is 9.32 Å². The van der Waals surface area contributed by atoms with Crippen LogP contribution in [0.15, 0.2) is 0 Å². The Labute approximate surface area is 98.1 Å². The van der Waals surface area contributed by atoms with Crippen molar-refractivity contribution < 1.29 is 39.0 Å². The molecule has 0 aliphatic heterocycles. The Balaban J connectivity index is 4.48. The molecule has 0 fully saturated rings. The third kappa shape index (κ3) is 6.23. The third-order valence-corrected chi connectivity index (χ3v) is 2.35. The molecule has 0 spiro atoms. The van der Waals surface area contributed by atoms with E-state index in [4.69, 9.17) is 9.79 Å². The smallest absolute Gasteiger partial charge is 0.385 e. The van der Waals surface area contributed by atoms with E-state index in [-0.39, 0.29) is 12.3 Å². The van der Waals surface area contributed by atoms with E-state index in [2.05, 4.69) is 4.52 Å². The molecule has 0 amide bonds. The summed E-state index contributed by atoms with van der Waals surface area (Å²) < 4.78 is 14.2. The predicted molar refractivity (Wildman–Crippen MR) is 55.6 cm³/mol. The molecule has 0 bridgehead atoms. The van der Waals surface area contributed by atoms with Gasteiger partial charge in [0.25, 0.3) is 5.79 Å². The summed E-state index contributed by atoms with van der Waals surface area (Å²) >= 11 is 0. The fourth-order valence-electron chi connectivity index (χ4n) is 0.991. The van der Waals surface area contributed by atoms with Crippen molar-refractivity contribution in [2.24, 2.45) is 5.92 Å². The maximum absolute atomic E-state index is 11.3. The van der Waals surface area contributed by atoms with E-state index in [0.29, 0.717) is 0 Å². The summed E-state index contributed by atoms with van der Waals surface area (Å²) in [5.74, 6) is -4.29. The van der Waals surface area contributed by atoms with Crippen molar-refractivity contribution in [3.63, 3.8) is 0 Å². The molecule has 5 N–H and O–H groups in total. The topological polar surface area (TPSA) is 145 Å². The standard InChI is InChI=1S/C8H17O8P/c1-5(2)3-6(9)8(11,12)7(10)4-16-17(13,14)15/h5,7,10-12H,3-4H2,1-2H3,(H2,13,14,15)/t7-/m0/s1. The second-order valence-electron chi connectivity index (χ2n) is 4.05. The molecule has 8 nitrogen and oxygen atoms in total. The normalized spacial score (nSPS) is 15.1. The molecule has 102 valence electrons. The van der Waals surface area contributed by atoms with Crippen molar-refractivity contribution in [2.75, 3.05) is 6.61 Å². The van der Waals surface area contributed by atoms with Gasteiger partial charge in [0.2, 0.25) is 0 Å². The Morgan fingerprint density at radius 3 is 2.18 bits per heavy atom. The SMILES string of the molecule is CC(C)CC(=O)C(O)(O)[C@@H](O)COP(=O)(O)O. The first kappa shape index (κ1) is 16.7. The zero-order valence-corrected chi connectivity index (χ0v) is 10.4. The molecule has 0 aromatic rings. The summed E-state index contributed by atoms with van der Waals surface area (Å²) in [6.07, 6.45) is -2.33. The van der Waals surface area contributed by atoms with Crippen molar-refractivity contribution in [2.45, 2.75) is 32.2 Å². The lowest BCUT2D eigenvalue weighted by Gasteiger charge is -2.26. The number of carbonyl (C=O) groups is 1. The van der Waals surface area contributed by atoms with Gasteiger partial charge in [-0.1, -0.05) is 13.8 Å². The van der Waals surface area contributed by atoms with Crippen LogP contribution >= 0.6 is 7.82 Å². The van der Waals surface area contributed by atoms with Crippen molar-refractivity contribution in [1.29, 1.82) is 0 Å². The van der Waals surface area contributed by atoms with Crippen molar-refractivity contribution >= 4 is 13.6 Å². The van der Waals surface area contributed by atoms with Crippen LogP contribution in [0.4, 0.5) is 0 Å². The van der Waals surface area contributed by atoms with E-state index >= 15 is 0 Å². The molecule has 0 saturated heterocycles. The molecule has 0 radical (unpaired) electrons. The van der Waals surface area contributed by atoms with Crippen LogP contribution in [0.2, 0.25) is 0 Å². The number of aliphatic hydroxyl groups is 3. The van der Waals surface area contributed by atoms with E-state index in [1.165, 1.54) is 0 Å². The molecule has 0 saturated carbocycles. The summed E-state index contributed by atoms with van der Waals surface area (Å²) in [7, 11) is -4.84. The van der Waals surface area contributed by atoms with Gasteiger partial charge < -0.3 is 25.1 Å². The van der Waals surface area contributed by atoms with Crippen molar-refractivity contribution in [3.05, 3.63) is 0 Å². The number of aliphatic hydroxyl groups excluding tert-OH is 1. The molecular formula is C8H17O8P. The highest BCUT2D eigenvalue weighted by atomic mass is 31.2. The minimum Gasteiger partial charge on any atom is -0.385 e. The van der Waals surface area contributed by atoms with Crippen molar-refractivity contribution in [1.82, 2.24) is 0 Å². The predicted octanol–water partition coefficient (Wildman–Crippen LogP) is -1.25. The van der Waals surface area contributed by atoms with Crippen LogP contribution in [-0.4, -0.2) is 49.4 Å². The van der Waals surface area contributed by atoms with E-state index in [1.54, 1.807) is 13.8 Å². The van der Waals surface area contributed by atoms with Gasteiger partial charge in [0, 0.05) is 6.42 Å². The Hall–Kier alpha value is -0.340. The Bertz CT molecular complexity index is 307. The molecule has 17 heavy (non-hydrogen) atoms. The lowest BCUT2D eigenvalue weighted by molar-refractivity contribution is -0.225. The second kappa shape index (κ2) is 6.01. The van der Waals surface area contributed by atoms with Gasteiger partial charge in [-0.15, -0.1) is 0 Å². The summed E-state index contributed by atoms with van der Waals surface area (Å²) in [4.78, 5) is 28.0. The van der Waals surface area contributed by atoms with Crippen molar-refractivity contribution in [3.8, 4) is 0 Å². The average molecular weight is 272 g/mol. The maximum atomic E-state index is 11.3. The number of phosphoric ester groups is 1. The molecule has 0 aliphatic carbocycles. The van der Waals surface area contributed by atoms with Gasteiger partial charge in [0.15, 0.2) is 5.78 Å². The molecular weight excluding hydrogens is 255 g/mol. The van der Waals surface area contributed by atoms with Gasteiger partial charge in [-0.25, -0.2) is 4.57 Å². The third-order valence-electron chi connectivity index (χ3n) is 1.87. The molecule has 0 aliphatic rings. The number of hydrogen-bond acceptors (Lipinski definition) is 6. The van der Waals surface area contributed by atoms with Crippen LogP contribution in [0.1, 0.15) is 20.3 Å². The summed E-state index contributed by atoms with van der Waals surface area (Å²) in [6.45, 7) is 2.25. The van der Waals surface area contributed by atoms with Crippen LogP contribution in [0.3, 0.4) is 0 Å². The zero-order chi connectivity index (χ0) is 13.9. The highest BCUT2D eigenvalue weighted by Crippen LogP contribution is 2.36. The Morgan fingerprint density at radius 2 is 1.82 bits per heavy atom. The quantitative estimate of drug-likeness (QED) is 0.285. The summed E-state index contributed by atoms with van der Waals surface area (Å²) in [6, 6.07) is 0. The van der Waals surface area contributed by atoms with Gasteiger partial charge in [0.05, 0.1) is 6.61 Å². The first-order valence-corrected chi connectivity index (χ1v) is 6.36. The number of Topliss-reactive ketones (excluding diaryl/α,β-unsaturated/α-hetero) is 1. The molecule has 9 heteroatoms. The highest BCUT2D eigenvalue weighted by molar-refractivity contribution is 7.46. The molecule has 1 atom stereocenters. The van der Waals surface area contributed by atoms with Gasteiger partial charge in [0.1, 0.15) is 6.10 Å². The molecule has 0 heterocycles. The van der Waals surface area contributed by atoms with E-state index in [9.17, 15) is 24.7 Å². The first-order chi connectivity index (χ1) is 7.47. The molecule has 0 rings (SSSR count). The molecule has 0 unspecified atom stereocenters. The largest absolute Gasteiger partial charge is 0.469 e. The Kier molecular flexibility index (Phi) is 5.89. The Morgan fingerprint density at radius 1 is 1.35 bits per heavy atom. The highest BCUT2D eigenvalue weighted by Gasteiger charge is 2.42. The van der Waals surface area contributed by atoms with Crippen LogP contribution in [0.25, 0.3) is 0 Å². The maximum Gasteiger partial charge on any atom is 0.469 e. The fourth-order valence-corrected chi connectivity index (χ4v) is 1.33. The number of hydrogen-bond donors (Lipinski definition) is 5. The van der Waals surface area contributed by atoms with Crippen LogP contribution in [0, 0.1) is 5.92 Å². The van der Waals surface area contributed by atoms with E-state index in [1.807, 2.05) is 0 Å². The summed E-state index contributed by atoms with van der Waals surface area (Å²) in [5.41, 5.74) is 0. The minimum atomic E-state index is -4.84. The monoisotopic (exact) mass is 272 g/mol. The number of ketones is 1.